The zero-order valence-corrected chi connectivity index (χ0v) is 14.1. The van der Waals surface area contributed by atoms with Gasteiger partial charge in [-0.15, -0.1) is 0 Å². The Morgan fingerprint density at radius 1 is 1.26 bits per heavy atom. The second-order valence-electron chi connectivity index (χ2n) is 6.67. The van der Waals surface area contributed by atoms with Gasteiger partial charge in [0.2, 0.25) is 5.91 Å². The standard InChI is InChI=1S/C18H27N3O2/c1-20(2)16-7-5-14(6-8-16)17(21-9-11-23-12-10-21)13-19-18(22)15-3-4-15/h5-8,15,17H,3-4,9-13H2,1-2H3,(H,19,22). The van der Waals surface area contributed by atoms with Gasteiger partial charge in [0, 0.05) is 45.3 Å². The first-order valence-electron chi connectivity index (χ1n) is 8.52. The van der Waals surface area contributed by atoms with E-state index in [0.717, 1.165) is 39.1 Å². The molecule has 1 aromatic carbocycles. The lowest BCUT2D eigenvalue weighted by Gasteiger charge is -2.35. The summed E-state index contributed by atoms with van der Waals surface area (Å²) in [4.78, 5) is 16.5. The van der Waals surface area contributed by atoms with Gasteiger partial charge in [0.15, 0.2) is 0 Å². The third-order valence-corrected chi connectivity index (χ3v) is 4.70. The van der Waals surface area contributed by atoms with Crippen LogP contribution >= 0.6 is 0 Å². The molecule has 5 nitrogen and oxygen atoms in total. The van der Waals surface area contributed by atoms with Crippen LogP contribution in [0.5, 0.6) is 0 Å². The highest BCUT2D eigenvalue weighted by atomic mass is 16.5. The number of hydrogen-bond acceptors (Lipinski definition) is 4. The summed E-state index contributed by atoms with van der Waals surface area (Å²) in [5.41, 5.74) is 2.45. The first kappa shape index (κ1) is 16.3. The van der Waals surface area contributed by atoms with E-state index >= 15 is 0 Å². The Morgan fingerprint density at radius 3 is 2.48 bits per heavy atom. The molecule has 0 bridgehead atoms. The van der Waals surface area contributed by atoms with Gasteiger partial charge in [-0.25, -0.2) is 0 Å². The second-order valence-corrected chi connectivity index (χ2v) is 6.67. The Bertz CT molecular complexity index is 520. The molecule has 1 atom stereocenters. The molecule has 5 heteroatoms. The van der Waals surface area contributed by atoms with Crippen molar-refractivity contribution in [3.05, 3.63) is 29.8 Å². The lowest BCUT2D eigenvalue weighted by molar-refractivity contribution is -0.122. The van der Waals surface area contributed by atoms with Gasteiger partial charge in [-0.1, -0.05) is 12.1 Å². The van der Waals surface area contributed by atoms with E-state index in [1.165, 1.54) is 11.3 Å². The highest BCUT2D eigenvalue weighted by Gasteiger charge is 2.31. The number of hydrogen-bond donors (Lipinski definition) is 1. The summed E-state index contributed by atoms with van der Waals surface area (Å²) in [5, 5.41) is 3.15. The molecule has 23 heavy (non-hydrogen) atoms. The van der Waals surface area contributed by atoms with Crippen molar-refractivity contribution in [2.24, 2.45) is 5.92 Å². The van der Waals surface area contributed by atoms with Crippen LogP contribution in [0, 0.1) is 5.92 Å². The minimum absolute atomic E-state index is 0.216. The molecule has 126 valence electrons. The van der Waals surface area contributed by atoms with Gasteiger partial charge >= 0.3 is 0 Å². The molecule has 0 spiro atoms. The number of carbonyl (C=O) groups excluding carboxylic acids is 1. The quantitative estimate of drug-likeness (QED) is 0.866. The SMILES string of the molecule is CN(C)c1ccc(C(CNC(=O)C2CC2)N2CCOCC2)cc1. The van der Waals surface area contributed by atoms with Crippen LogP contribution in [-0.2, 0) is 9.53 Å². The molecule has 2 aliphatic rings. The van der Waals surface area contributed by atoms with Crippen LogP contribution in [-0.4, -0.2) is 57.8 Å². The maximum Gasteiger partial charge on any atom is 0.223 e. The maximum atomic E-state index is 12.0. The molecular formula is C18H27N3O2. The van der Waals surface area contributed by atoms with E-state index in [1.54, 1.807) is 0 Å². The highest BCUT2D eigenvalue weighted by molar-refractivity contribution is 5.80. The van der Waals surface area contributed by atoms with E-state index in [2.05, 4.69) is 39.4 Å². The average Bonchev–Trinajstić information content (AvgIpc) is 3.41. The molecule has 0 aromatic heterocycles. The van der Waals surface area contributed by atoms with E-state index in [-0.39, 0.29) is 17.9 Å². The number of ether oxygens (including phenoxy) is 1. The van der Waals surface area contributed by atoms with Gasteiger partial charge in [-0.3, -0.25) is 9.69 Å². The summed E-state index contributed by atoms with van der Waals surface area (Å²) in [6.07, 6.45) is 2.09. The Kier molecular flexibility index (Phi) is 5.18. The minimum atomic E-state index is 0.216. The van der Waals surface area contributed by atoms with Crippen LogP contribution in [0.1, 0.15) is 24.4 Å². The van der Waals surface area contributed by atoms with Gasteiger partial charge < -0.3 is 15.0 Å². The molecule has 2 fully saturated rings. The number of benzene rings is 1. The summed E-state index contributed by atoms with van der Waals surface area (Å²) >= 11 is 0. The normalized spacial score (nSPS) is 20.1. The van der Waals surface area contributed by atoms with E-state index < -0.39 is 0 Å². The zero-order chi connectivity index (χ0) is 16.2. The molecule has 1 aliphatic heterocycles. The predicted molar refractivity (Wildman–Crippen MR) is 91.6 cm³/mol. The number of morpholine rings is 1. The zero-order valence-electron chi connectivity index (χ0n) is 14.1. The van der Waals surface area contributed by atoms with Crippen LogP contribution in [0.4, 0.5) is 5.69 Å². The molecule has 1 heterocycles. The third kappa shape index (κ3) is 4.24. The van der Waals surface area contributed by atoms with Gasteiger partial charge in [-0.2, -0.15) is 0 Å². The molecule has 3 rings (SSSR count). The largest absolute Gasteiger partial charge is 0.379 e. The topological polar surface area (TPSA) is 44.8 Å². The van der Waals surface area contributed by atoms with Crippen LogP contribution in [0.3, 0.4) is 0 Å². The molecule has 0 radical (unpaired) electrons. The van der Waals surface area contributed by atoms with Crippen molar-refractivity contribution in [1.82, 2.24) is 10.2 Å². The van der Waals surface area contributed by atoms with E-state index in [0.29, 0.717) is 6.54 Å². The summed E-state index contributed by atoms with van der Waals surface area (Å²) in [6, 6.07) is 8.87. The minimum Gasteiger partial charge on any atom is -0.379 e. The monoisotopic (exact) mass is 317 g/mol. The summed E-state index contributed by atoms with van der Waals surface area (Å²) in [5.74, 6) is 0.477. The fourth-order valence-electron chi connectivity index (χ4n) is 3.03. The van der Waals surface area contributed by atoms with Crippen molar-refractivity contribution in [3.63, 3.8) is 0 Å². The fourth-order valence-corrected chi connectivity index (χ4v) is 3.03. The van der Waals surface area contributed by atoms with Crippen LogP contribution in [0.2, 0.25) is 0 Å². The molecule has 1 amide bonds. The number of anilines is 1. The van der Waals surface area contributed by atoms with Gasteiger partial charge in [0.05, 0.1) is 19.3 Å². The smallest absolute Gasteiger partial charge is 0.223 e. The molecule has 1 aliphatic carbocycles. The number of carbonyl (C=O) groups is 1. The number of rotatable bonds is 6. The van der Waals surface area contributed by atoms with Crippen molar-refractivity contribution in [2.45, 2.75) is 18.9 Å². The first-order valence-corrected chi connectivity index (χ1v) is 8.52. The van der Waals surface area contributed by atoms with Crippen LogP contribution in [0.25, 0.3) is 0 Å². The Balaban J connectivity index is 1.71. The van der Waals surface area contributed by atoms with Crippen molar-refractivity contribution >= 4 is 11.6 Å². The summed E-state index contributed by atoms with van der Waals surface area (Å²) < 4.78 is 5.47. The highest BCUT2D eigenvalue weighted by Crippen LogP contribution is 2.29. The second kappa shape index (κ2) is 7.32. The third-order valence-electron chi connectivity index (χ3n) is 4.70. The average molecular weight is 317 g/mol. The Hall–Kier alpha value is -1.59. The van der Waals surface area contributed by atoms with Crippen molar-refractivity contribution < 1.29 is 9.53 Å². The Labute approximate surface area is 138 Å². The van der Waals surface area contributed by atoms with Crippen LogP contribution in [0.15, 0.2) is 24.3 Å². The lowest BCUT2D eigenvalue weighted by Crippen LogP contribution is -2.44. The maximum absolute atomic E-state index is 12.0. The number of nitrogens with one attached hydrogen (secondary N) is 1. The molecule has 1 saturated heterocycles. The van der Waals surface area contributed by atoms with E-state index in [9.17, 15) is 4.79 Å². The van der Waals surface area contributed by atoms with Gasteiger partial charge in [-0.05, 0) is 30.5 Å². The van der Waals surface area contributed by atoms with Gasteiger partial charge in [0.1, 0.15) is 0 Å². The number of amides is 1. The molecule has 1 unspecified atom stereocenters. The van der Waals surface area contributed by atoms with Gasteiger partial charge in [0.25, 0.3) is 0 Å². The van der Waals surface area contributed by atoms with E-state index in [4.69, 9.17) is 4.74 Å². The Morgan fingerprint density at radius 2 is 1.91 bits per heavy atom. The first-order chi connectivity index (χ1) is 11.1. The van der Waals surface area contributed by atoms with Crippen molar-refractivity contribution in [3.8, 4) is 0 Å². The molecule has 1 saturated carbocycles. The fraction of sp³-hybridized carbons (Fsp3) is 0.611. The number of nitrogens with zero attached hydrogens (tertiary/aromatic N) is 2. The van der Waals surface area contributed by atoms with Crippen LogP contribution < -0.4 is 10.2 Å². The predicted octanol–water partition coefficient (Wildman–Crippen LogP) is 1.65. The molecular weight excluding hydrogens is 290 g/mol. The molecule has 1 aromatic rings. The van der Waals surface area contributed by atoms with Crippen molar-refractivity contribution in [2.75, 3.05) is 51.8 Å². The summed E-state index contributed by atoms with van der Waals surface area (Å²) in [7, 11) is 4.09. The van der Waals surface area contributed by atoms with E-state index in [1.807, 2.05) is 14.1 Å². The molecule has 1 N–H and O–H groups in total. The lowest BCUT2D eigenvalue weighted by atomic mass is 10.0. The summed E-state index contributed by atoms with van der Waals surface area (Å²) in [6.45, 7) is 4.04. The van der Waals surface area contributed by atoms with Crippen molar-refractivity contribution in [1.29, 1.82) is 0 Å².